The number of aliphatic hydroxyl groups excluding tert-OH is 1. The van der Waals surface area contributed by atoms with Crippen molar-refractivity contribution in [3.63, 3.8) is 0 Å². The molecular weight excluding hydrogens is 248 g/mol. The van der Waals surface area contributed by atoms with Crippen molar-refractivity contribution in [2.45, 2.75) is 59.4 Å². The molecule has 1 rings (SSSR count). The lowest BCUT2D eigenvalue weighted by Crippen LogP contribution is -2.29. The van der Waals surface area contributed by atoms with Crippen LogP contribution in [0.2, 0.25) is 0 Å². The van der Waals surface area contributed by atoms with E-state index >= 15 is 0 Å². The second kappa shape index (κ2) is 8.51. The van der Waals surface area contributed by atoms with Gasteiger partial charge in [-0.1, -0.05) is 27.7 Å². The van der Waals surface area contributed by atoms with Crippen LogP contribution in [0.4, 0.5) is 0 Å². The first kappa shape index (κ1) is 18.4. The molecule has 1 aliphatic heterocycles. The standard InChI is InChI=1S/C9H18O3.C5H10O2/c1-7(2)4-9(3)11-6-8(5-10)12-9;1-4(2)3-5(6)7/h7-8,10H,4-6H2,1-3H3;4H,3H2,1-2H3,(H,6,7). The van der Waals surface area contributed by atoms with E-state index in [0.717, 1.165) is 6.42 Å². The van der Waals surface area contributed by atoms with Gasteiger partial charge in [-0.3, -0.25) is 4.79 Å². The van der Waals surface area contributed by atoms with E-state index in [-0.39, 0.29) is 25.0 Å². The monoisotopic (exact) mass is 276 g/mol. The molecular formula is C14H28O5. The molecule has 1 saturated heterocycles. The molecule has 1 heterocycles. The van der Waals surface area contributed by atoms with Crippen molar-refractivity contribution in [3.8, 4) is 0 Å². The predicted molar refractivity (Wildman–Crippen MR) is 72.9 cm³/mol. The molecule has 2 atom stereocenters. The van der Waals surface area contributed by atoms with Crippen LogP contribution in [-0.4, -0.2) is 41.3 Å². The maximum atomic E-state index is 9.81. The second-order valence-corrected chi connectivity index (χ2v) is 5.96. The smallest absolute Gasteiger partial charge is 0.303 e. The Morgan fingerprint density at radius 3 is 2.16 bits per heavy atom. The van der Waals surface area contributed by atoms with Crippen LogP contribution in [0.5, 0.6) is 0 Å². The van der Waals surface area contributed by atoms with Gasteiger partial charge in [0.2, 0.25) is 0 Å². The van der Waals surface area contributed by atoms with Crippen LogP contribution < -0.4 is 0 Å². The number of hydrogen-bond acceptors (Lipinski definition) is 4. The topological polar surface area (TPSA) is 76.0 Å². The highest BCUT2D eigenvalue weighted by molar-refractivity contribution is 5.66. The number of aliphatic carboxylic acids is 1. The first-order valence-corrected chi connectivity index (χ1v) is 6.83. The van der Waals surface area contributed by atoms with Crippen molar-refractivity contribution in [1.82, 2.24) is 0 Å². The van der Waals surface area contributed by atoms with Crippen molar-refractivity contribution in [2.75, 3.05) is 13.2 Å². The summed E-state index contributed by atoms with van der Waals surface area (Å²) in [5, 5.41) is 16.9. The summed E-state index contributed by atoms with van der Waals surface area (Å²) in [4.78, 5) is 9.81. The first-order chi connectivity index (χ1) is 8.68. The highest BCUT2D eigenvalue weighted by atomic mass is 16.7. The minimum atomic E-state index is -0.713. The molecule has 0 aromatic rings. The second-order valence-electron chi connectivity index (χ2n) is 5.96. The van der Waals surface area contributed by atoms with Gasteiger partial charge in [0.25, 0.3) is 0 Å². The van der Waals surface area contributed by atoms with Crippen molar-refractivity contribution in [3.05, 3.63) is 0 Å². The number of hydrogen-bond donors (Lipinski definition) is 2. The summed E-state index contributed by atoms with van der Waals surface area (Å²) in [5.41, 5.74) is 0. The summed E-state index contributed by atoms with van der Waals surface area (Å²) in [6, 6.07) is 0. The van der Waals surface area contributed by atoms with Crippen molar-refractivity contribution < 1.29 is 24.5 Å². The Morgan fingerprint density at radius 2 is 1.89 bits per heavy atom. The maximum Gasteiger partial charge on any atom is 0.303 e. The molecule has 0 aliphatic carbocycles. The molecule has 1 fully saturated rings. The molecule has 0 saturated carbocycles. The lowest BCUT2D eigenvalue weighted by Gasteiger charge is -2.24. The third kappa shape index (κ3) is 8.97. The molecule has 0 spiro atoms. The zero-order chi connectivity index (χ0) is 15.1. The Bertz CT molecular complexity index is 265. The summed E-state index contributed by atoms with van der Waals surface area (Å²) in [7, 11) is 0. The molecule has 5 nitrogen and oxygen atoms in total. The molecule has 0 aromatic heterocycles. The highest BCUT2D eigenvalue weighted by Gasteiger charge is 2.37. The molecule has 5 heteroatoms. The van der Waals surface area contributed by atoms with Gasteiger partial charge < -0.3 is 19.7 Å². The Balaban J connectivity index is 0.000000399. The number of aliphatic hydroxyl groups is 1. The van der Waals surface area contributed by atoms with Crippen LogP contribution in [0.1, 0.15) is 47.5 Å². The number of carboxylic acids is 1. The summed E-state index contributed by atoms with van der Waals surface area (Å²) >= 11 is 0. The SMILES string of the molecule is CC(C)CC(=O)O.CC(C)CC1(C)OCC(CO)O1. The fourth-order valence-electron chi connectivity index (χ4n) is 1.98. The van der Waals surface area contributed by atoms with Crippen LogP contribution in [0, 0.1) is 11.8 Å². The molecule has 0 aromatic carbocycles. The van der Waals surface area contributed by atoms with E-state index in [0.29, 0.717) is 12.5 Å². The summed E-state index contributed by atoms with van der Waals surface area (Å²) in [6.07, 6.45) is 1.03. The van der Waals surface area contributed by atoms with Crippen LogP contribution in [0.15, 0.2) is 0 Å². The maximum absolute atomic E-state index is 9.81. The molecule has 0 radical (unpaired) electrons. The summed E-state index contributed by atoms with van der Waals surface area (Å²) < 4.78 is 11.0. The van der Waals surface area contributed by atoms with E-state index < -0.39 is 11.8 Å². The number of carboxylic acid groups (broad SMARTS) is 1. The van der Waals surface area contributed by atoms with Gasteiger partial charge in [-0.2, -0.15) is 0 Å². The minimum absolute atomic E-state index is 0.0493. The van der Waals surface area contributed by atoms with Gasteiger partial charge in [0, 0.05) is 12.8 Å². The summed E-state index contributed by atoms with van der Waals surface area (Å²) in [6.45, 7) is 10.5. The van der Waals surface area contributed by atoms with Gasteiger partial charge in [-0.25, -0.2) is 0 Å². The van der Waals surface area contributed by atoms with E-state index in [2.05, 4.69) is 13.8 Å². The fraction of sp³-hybridized carbons (Fsp3) is 0.929. The Labute approximate surface area is 115 Å². The molecule has 0 amide bonds. The fourth-order valence-corrected chi connectivity index (χ4v) is 1.98. The Morgan fingerprint density at radius 1 is 1.32 bits per heavy atom. The molecule has 114 valence electrons. The lowest BCUT2D eigenvalue weighted by atomic mass is 10.0. The average Bonchev–Trinajstić information content (AvgIpc) is 2.57. The van der Waals surface area contributed by atoms with E-state index in [1.807, 2.05) is 20.8 Å². The van der Waals surface area contributed by atoms with Gasteiger partial charge in [0.05, 0.1) is 13.2 Å². The largest absolute Gasteiger partial charge is 0.481 e. The quantitative estimate of drug-likeness (QED) is 0.805. The van der Waals surface area contributed by atoms with Crippen molar-refractivity contribution in [2.24, 2.45) is 11.8 Å². The zero-order valence-corrected chi connectivity index (χ0v) is 12.7. The minimum Gasteiger partial charge on any atom is -0.481 e. The van der Waals surface area contributed by atoms with Crippen molar-refractivity contribution >= 4 is 5.97 Å². The van der Waals surface area contributed by atoms with Gasteiger partial charge in [-0.15, -0.1) is 0 Å². The van der Waals surface area contributed by atoms with E-state index in [4.69, 9.17) is 19.7 Å². The molecule has 2 N–H and O–H groups in total. The molecule has 2 unspecified atom stereocenters. The molecule has 1 aliphatic rings. The number of ether oxygens (including phenoxy) is 2. The van der Waals surface area contributed by atoms with Gasteiger partial charge in [-0.05, 0) is 18.8 Å². The van der Waals surface area contributed by atoms with E-state index in [1.165, 1.54) is 0 Å². The van der Waals surface area contributed by atoms with Crippen LogP contribution >= 0.6 is 0 Å². The van der Waals surface area contributed by atoms with Crippen LogP contribution in [0.3, 0.4) is 0 Å². The summed E-state index contributed by atoms with van der Waals surface area (Å²) in [5.74, 6) is -0.360. The Hall–Kier alpha value is -0.650. The lowest BCUT2D eigenvalue weighted by molar-refractivity contribution is -0.167. The molecule has 19 heavy (non-hydrogen) atoms. The van der Waals surface area contributed by atoms with Gasteiger partial charge in [0.1, 0.15) is 6.10 Å². The number of rotatable bonds is 5. The third-order valence-corrected chi connectivity index (χ3v) is 2.56. The third-order valence-electron chi connectivity index (χ3n) is 2.56. The first-order valence-electron chi connectivity index (χ1n) is 6.83. The average molecular weight is 276 g/mol. The molecule has 0 bridgehead atoms. The van der Waals surface area contributed by atoms with Crippen LogP contribution in [0.25, 0.3) is 0 Å². The number of carbonyl (C=O) groups is 1. The van der Waals surface area contributed by atoms with Crippen molar-refractivity contribution in [1.29, 1.82) is 0 Å². The zero-order valence-electron chi connectivity index (χ0n) is 12.7. The van der Waals surface area contributed by atoms with E-state index in [9.17, 15) is 4.79 Å². The predicted octanol–water partition coefficient (Wildman–Crippen LogP) is 2.27. The van der Waals surface area contributed by atoms with Gasteiger partial charge in [0.15, 0.2) is 5.79 Å². The highest BCUT2D eigenvalue weighted by Crippen LogP contribution is 2.29. The van der Waals surface area contributed by atoms with E-state index in [1.54, 1.807) is 0 Å². The normalized spacial score (nSPS) is 26.4. The van der Waals surface area contributed by atoms with Crippen LogP contribution in [-0.2, 0) is 14.3 Å². The Kier molecular flexibility index (Phi) is 8.22. The van der Waals surface area contributed by atoms with Gasteiger partial charge >= 0.3 is 5.97 Å².